The number of ether oxygens (including phenoxy) is 4. The van der Waals surface area contributed by atoms with Gasteiger partial charge in [-0.3, -0.25) is 37.3 Å². The summed E-state index contributed by atoms with van der Waals surface area (Å²) < 4.78 is 68.4. The van der Waals surface area contributed by atoms with Gasteiger partial charge >= 0.3 is 39.5 Å². The molecule has 0 heterocycles. The lowest BCUT2D eigenvalue weighted by molar-refractivity contribution is -0.161. The Bertz CT molecular complexity index is 1820. The zero-order chi connectivity index (χ0) is 69.8. The van der Waals surface area contributed by atoms with E-state index < -0.39 is 97.5 Å². The van der Waals surface area contributed by atoms with E-state index in [0.717, 1.165) is 102 Å². The fourth-order valence-corrected chi connectivity index (χ4v) is 13.3. The number of carbonyl (C=O) groups is 4. The highest BCUT2D eigenvalue weighted by molar-refractivity contribution is 7.47. The molecule has 95 heavy (non-hydrogen) atoms. The van der Waals surface area contributed by atoms with Gasteiger partial charge in [-0.1, -0.05) is 349 Å². The van der Waals surface area contributed by atoms with E-state index in [4.69, 9.17) is 37.0 Å². The van der Waals surface area contributed by atoms with Crippen molar-refractivity contribution in [2.24, 2.45) is 5.92 Å². The van der Waals surface area contributed by atoms with Crippen molar-refractivity contribution in [1.29, 1.82) is 0 Å². The summed E-state index contributed by atoms with van der Waals surface area (Å²) in [7, 11) is -9.90. The average Bonchev–Trinajstić information content (AvgIpc) is 1.29. The lowest BCUT2D eigenvalue weighted by Gasteiger charge is -2.21. The van der Waals surface area contributed by atoms with Gasteiger partial charge in [-0.25, -0.2) is 9.13 Å². The van der Waals surface area contributed by atoms with Crippen molar-refractivity contribution in [3.8, 4) is 0 Å². The lowest BCUT2D eigenvalue weighted by atomic mass is 10.0. The van der Waals surface area contributed by atoms with Crippen molar-refractivity contribution < 1.29 is 80.2 Å². The third-order valence-electron chi connectivity index (χ3n) is 17.8. The number of rotatable bonds is 76. The molecule has 0 rings (SSSR count). The minimum absolute atomic E-state index is 0.107. The molecule has 0 aromatic rings. The molecule has 5 atom stereocenters. The predicted molar refractivity (Wildman–Crippen MR) is 386 cm³/mol. The zero-order valence-electron chi connectivity index (χ0n) is 61.8. The number of hydrogen-bond donors (Lipinski definition) is 3. The largest absolute Gasteiger partial charge is 0.472 e. The molecule has 0 aliphatic rings. The fourth-order valence-electron chi connectivity index (χ4n) is 11.7. The van der Waals surface area contributed by atoms with Crippen LogP contribution < -0.4 is 0 Å². The maximum absolute atomic E-state index is 13.1. The molecule has 0 aromatic heterocycles. The van der Waals surface area contributed by atoms with E-state index >= 15 is 0 Å². The number of phosphoric acid groups is 2. The van der Waals surface area contributed by atoms with E-state index in [2.05, 4.69) is 34.6 Å². The lowest BCUT2D eigenvalue weighted by Crippen LogP contribution is -2.30. The molecule has 19 heteroatoms. The van der Waals surface area contributed by atoms with Crippen LogP contribution >= 0.6 is 15.6 Å². The summed E-state index contributed by atoms with van der Waals surface area (Å²) in [6.07, 6.45) is 58.4. The van der Waals surface area contributed by atoms with Crippen LogP contribution in [0.15, 0.2) is 0 Å². The minimum Gasteiger partial charge on any atom is -0.462 e. The van der Waals surface area contributed by atoms with Crippen LogP contribution in [0.25, 0.3) is 0 Å². The van der Waals surface area contributed by atoms with E-state index in [1.165, 1.54) is 218 Å². The van der Waals surface area contributed by atoms with E-state index in [1.54, 1.807) is 0 Å². The Labute approximate surface area is 581 Å². The molecule has 0 saturated heterocycles. The summed E-state index contributed by atoms with van der Waals surface area (Å²) in [5, 5.41) is 10.6. The molecule has 17 nitrogen and oxygen atoms in total. The first-order valence-corrected chi connectivity index (χ1v) is 42.6. The molecular formula is C76H148O17P2. The van der Waals surface area contributed by atoms with Gasteiger partial charge in [-0.05, 0) is 31.6 Å². The van der Waals surface area contributed by atoms with Crippen LogP contribution in [-0.4, -0.2) is 96.7 Å². The van der Waals surface area contributed by atoms with Gasteiger partial charge in [-0.15, -0.1) is 0 Å². The number of unbranched alkanes of at least 4 members (excludes halogenated alkanes) is 48. The first-order valence-electron chi connectivity index (χ1n) is 39.6. The van der Waals surface area contributed by atoms with Gasteiger partial charge in [0.1, 0.15) is 19.3 Å². The predicted octanol–water partition coefficient (Wildman–Crippen LogP) is 22.5. The van der Waals surface area contributed by atoms with E-state index in [-0.39, 0.29) is 25.7 Å². The summed E-state index contributed by atoms with van der Waals surface area (Å²) in [6, 6.07) is 0. The van der Waals surface area contributed by atoms with Gasteiger partial charge in [0.2, 0.25) is 0 Å². The Kier molecular flexibility index (Phi) is 67.7. The maximum Gasteiger partial charge on any atom is 0.472 e. The highest BCUT2D eigenvalue weighted by atomic mass is 31.2. The second-order valence-corrected chi connectivity index (χ2v) is 30.8. The Hall–Kier alpha value is -1.94. The summed E-state index contributed by atoms with van der Waals surface area (Å²) in [5.74, 6) is -1.34. The molecule has 0 amide bonds. The van der Waals surface area contributed by atoms with Gasteiger partial charge in [0.15, 0.2) is 12.2 Å². The van der Waals surface area contributed by atoms with Crippen molar-refractivity contribution in [2.75, 3.05) is 39.6 Å². The van der Waals surface area contributed by atoms with Gasteiger partial charge in [-0.2, -0.15) is 0 Å². The summed E-state index contributed by atoms with van der Waals surface area (Å²) >= 11 is 0. The molecule has 0 bridgehead atoms. The second-order valence-electron chi connectivity index (χ2n) is 27.9. The summed E-state index contributed by atoms with van der Waals surface area (Å²) in [5.41, 5.74) is 0. The molecule has 0 spiro atoms. The fraction of sp³-hybridized carbons (Fsp3) is 0.947. The third kappa shape index (κ3) is 70.3. The number of carbonyl (C=O) groups excluding carboxylic acids is 4. The molecule has 3 N–H and O–H groups in total. The van der Waals surface area contributed by atoms with Gasteiger partial charge in [0.25, 0.3) is 0 Å². The number of aliphatic hydroxyl groups is 1. The van der Waals surface area contributed by atoms with E-state index in [9.17, 15) is 43.2 Å². The number of esters is 4. The summed E-state index contributed by atoms with van der Waals surface area (Å²) in [4.78, 5) is 72.7. The normalized spacial score (nSPS) is 13.9. The van der Waals surface area contributed by atoms with Gasteiger partial charge < -0.3 is 33.8 Å². The Morgan fingerprint density at radius 3 is 0.716 bits per heavy atom. The van der Waals surface area contributed by atoms with Gasteiger partial charge in [0.05, 0.1) is 26.4 Å². The average molecular weight is 1400 g/mol. The highest BCUT2D eigenvalue weighted by Crippen LogP contribution is 2.45. The highest BCUT2D eigenvalue weighted by Gasteiger charge is 2.30. The van der Waals surface area contributed by atoms with Crippen LogP contribution in [0.2, 0.25) is 0 Å². The van der Waals surface area contributed by atoms with Crippen molar-refractivity contribution in [3.63, 3.8) is 0 Å². The standard InChI is InChI=1S/C76H148O17P2/c1-6-9-12-15-18-21-23-24-25-26-27-28-29-30-31-32-38-42-47-52-57-62-76(81)93-72(66-87-74(79)60-55-50-45-40-37-34-33-36-39-43-48-53-58-69(4)5)68-91-95(84,85)89-64-70(77)63-88-94(82,83)90-67-71(65-86-73(78)59-54-49-44-20-17-14-11-8-3)92-75(80)61-56-51-46-41-35-22-19-16-13-10-7-2/h69-72,77H,6-68H2,1-5H3,(H,82,83)(H,84,85)/t70-,71+,72+/m0/s1. The second kappa shape index (κ2) is 69.2. The van der Waals surface area contributed by atoms with Crippen LogP contribution in [0, 0.1) is 5.92 Å². The Morgan fingerprint density at radius 1 is 0.284 bits per heavy atom. The smallest absolute Gasteiger partial charge is 0.462 e. The third-order valence-corrected chi connectivity index (χ3v) is 19.7. The minimum atomic E-state index is -4.96. The first-order chi connectivity index (χ1) is 46.0. The quantitative estimate of drug-likeness (QED) is 0.0222. The number of phosphoric ester groups is 2. The molecule has 0 aliphatic carbocycles. The number of hydrogen-bond acceptors (Lipinski definition) is 15. The topological polar surface area (TPSA) is 237 Å². The zero-order valence-corrected chi connectivity index (χ0v) is 63.6. The first kappa shape index (κ1) is 93.1. The molecule has 564 valence electrons. The van der Waals surface area contributed by atoms with Crippen LogP contribution in [0.3, 0.4) is 0 Å². The van der Waals surface area contributed by atoms with Crippen LogP contribution in [0.5, 0.6) is 0 Å². The molecular weight excluding hydrogens is 1250 g/mol. The van der Waals surface area contributed by atoms with Crippen molar-refractivity contribution in [2.45, 2.75) is 419 Å². The molecule has 0 fully saturated rings. The monoisotopic (exact) mass is 1400 g/mol. The van der Waals surface area contributed by atoms with Crippen molar-refractivity contribution in [3.05, 3.63) is 0 Å². The molecule has 0 radical (unpaired) electrons. The SMILES string of the molecule is CCCCCCCCCCCCCCCCCCCCCCCC(=O)O[C@H](COC(=O)CCCCCCCCCCCCCCC(C)C)COP(=O)(O)OC[C@@H](O)COP(=O)(O)OC[C@@H](COC(=O)CCCCCCCCCC)OC(=O)CCCCCCCCCCCCC. The van der Waals surface area contributed by atoms with Gasteiger partial charge in [0, 0.05) is 25.7 Å². The molecule has 2 unspecified atom stereocenters. The van der Waals surface area contributed by atoms with Crippen LogP contribution in [0.4, 0.5) is 0 Å². The van der Waals surface area contributed by atoms with E-state index in [0.29, 0.717) is 25.7 Å². The summed E-state index contributed by atoms with van der Waals surface area (Å²) in [6.45, 7) is 7.27. The van der Waals surface area contributed by atoms with Crippen LogP contribution in [0.1, 0.15) is 401 Å². The number of aliphatic hydroxyl groups excluding tert-OH is 1. The molecule has 0 aliphatic heterocycles. The van der Waals surface area contributed by atoms with Crippen molar-refractivity contribution in [1.82, 2.24) is 0 Å². The Balaban J connectivity index is 5.17. The molecule has 0 saturated carbocycles. The van der Waals surface area contributed by atoms with E-state index in [1.807, 2.05) is 0 Å². The van der Waals surface area contributed by atoms with Crippen LogP contribution in [-0.2, 0) is 65.4 Å². The molecule has 0 aromatic carbocycles. The Morgan fingerprint density at radius 2 is 0.484 bits per heavy atom. The van der Waals surface area contributed by atoms with Crippen molar-refractivity contribution >= 4 is 39.5 Å². The maximum atomic E-state index is 13.1.